The van der Waals surface area contributed by atoms with Crippen LogP contribution in [0, 0.1) is 0 Å². The van der Waals surface area contributed by atoms with Gasteiger partial charge in [0.25, 0.3) is 10.1 Å². The van der Waals surface area contributed by atoms with Gasteiger partial charge in [-0.05, 0) is 70.6 Å². The van der Waals surface area contributed by atoms with Gasteiger partial charge in [0.15, 0.2) is 12.4 Å². The molecule has 0 aromatic heterocycles. The molecular formula is C46H80O12S. The van der Waals surface area contributed by atoms with Crippen molar-refractivity contribution >= 4 is 22.1 Å². The normalized spacial score (nSPS) is 20.7. The van der Waals surface area contributed by atoms with Gasteiger partial charge in [-0.25, -0.2) is 0 Å². The van der Waals surface area contributed by atoms with Crippen LogP contribution < -0.4 is 0 Å². The van der Waals surface area contributed by atoms with E-state index in [-0.39, 0.29) is 19.4 Å². The molecule has 59 heavy (non-hydrogen) atoms. The third-order valence-corrected chi connectivity index (χ3v) is 10.9. The van der Waals surface area contributed by atoms with E-state index in [9.17, 15) is 37.9 Å². The number of aliphatic hydroxyl groups is 3. The molecule has 1 saturated heterocycles. The molecule has 0 aliphatic carbocycles. The monoisotopic (exact) mass is 857 g/mol. The Hall–Kier alpha value is -2.39. The summed E-state index contributed by atoms with van der Waals surface area (Å²) in [7, 11) is -4.61. The first-order valence-corrected chi connectivity index (χ1v) is 24.3. The van der Waals surface area contributed by atoms with Crippen molar-refractivity contribution in [1.82, 2.24) is 0 Å². The Kier molecular flexibility index (Phi) is 33.6. The van der Waals surface area contributed by atoms with E-state index < -0.39 is 71.2 Å². The third-order valence-electron chi connectivity index (χ3n) is 10.1. The maximum atomic E-state index is 12.8. The van der Waals surface area contributed by atoms with Gasteiger partial charge in [0.2, 0.25) is 0 Å². The van der Waals surface area contributed by atoms with Crippen LogP contribution in [0.5, 0.6) is 0 Å². The second kappa shape index (κ2) is 36.3. The number of ether oxygens (including phenoxy) is 4. The van der Waals surface area contributed by atoms with Crippen molar-refractivity contribution in [1.29, 1.82) is 0 Å². The molecule has 12 nitrogen and oxygen atoms in total. The average Bonchev–Trinajstić information content (AvgIpc) is 3.20. The number of aliphatic hydroxyl groups excluding tert-OH is 3. The highest BCUT2D eigenvalue weighted by Gasteiger charge is 2.46. The smallest absolute Gasteiger partial charge is 0.306 e. The molecule has 0 radical (unpaired) electrons. The fourth-order valence-corrected chi connectivity index (χ4v) is 7.24. The molecule has 6 atom stereocenters. The Morgan fingerprint density at radius 3 is 1.54 bits per heavy atom. The molecule has 0 amide bonds. The van der Waals surface area contributed by atoms with E-state index >= 15 is 0 Å². The quantitative estimate of drug-likeness (QED) is 0.0201. The van der Waals surface area contributed by atoms with Crippen LogP contribution in [0.4, 0.5) is 0 Å². The maximum Gasteiger partial charge on any atom is 0.306 e. The molecule has 1 heterocycles. The highest BCUT2D eigenvalue weighted by Crippen LogP contribution is 2.24. The van der Waals surface area contributed by atoms with Crippen LogP contribution in [-0.4, -0.2) is 96.0 Å². The fraction of sp³-hybridized carbons (Fsp3) is 0.783. The second-order valence-electron chi connectivity index (χ2n) is 15.7. The maximum absolute atomic E-state index is 12.8. The Bertz CT molecular complexity index is 1280. The van der Waals surface area contributed by atoms with Crippen LogP contribution in [0.25, 0.3) is 0 Å². The Balaban J connectivity index is 2.46. The van der Waals surface area contributed by atoms with Crippen molar-refractivity contribution in [3.63, 3.8) is 0 Å². The number of carbonyl (C=O) groups is 2. The van der Waals surface area contributed by atoms with E-state index in [0.717, 1.165) is 89.9 Å². The first-order valence-electron chi connectivity index (χ1n) is 22.7. The number of carbonyl (C=O) groups excluding carboxylic acids is 2. The predicted molar refractivity (Wildman–Crippen MR) is 233 cm³/mol. The number of hydrogen-bond acceptors (Lipinski definition) is 11. The number of unbranched alkanes of at least 4 members (excludes halogenated alkanes) is 17. The number of esters is 2. The summed E-state index contributed by atoms with van der Waals surface area (Å²) in [6.45, 7) is 3.67. The lowest BCUT2D eigenvalue weighted by molar-refractivity contribution is -0.297. The number of allylic oxidation sites excluding steroid dienone is 8. The number of hydrogen-bond donors (Lipinski definition) is 4. The molecule has 342 valence electrons. The zero-order valence-electron chi connectivity index (χ0n) is 36.3. The van der Waals surface area contributed by atoms with Gasteiger partial charge in [-0.3, -0.25) is 14.1 Å². The van der Waals surface area contributed by atoms with Crippen LogP contribution >= 0.6 is 0 Å². The van der Waals surface area contributed by atoms with Crippen molar-refractivity contribution in [2.24, 2.45) is 0 Å². The summed E-state index contributed by atoms with van der Waals surface area (Å²) >= 11 is 0. The Morgan fingerprint density at radius 1 is 0.576 bits per heavy atom. The summed E-state index contributed by atoms with van der Waals surface area (Å²) in [5, 5.41) is 30.9. The van der Waals surface area contributed by atoms with Crippen molar-refractivity contribution in [3.8, 4) is 0 Å². The minimum absolute atomic E-state index is 0.151. The SMILES string of the molecule is CCCC/C=C\C/C=C\CCCCCCCC(=O)OCC(COC1OC(CS(=O)(=O)O)C(O)C(O)C1O)OC(=O)CCCCCCCCC/C=C\C/C=C\CCCCC. The zero-order valence-corrected chi connectivity index (χ0v) is 37.2. The van der Waals surface area contributed by atoms with E-state index in [1.54, 1.807) is 0 Å². The van der Waals surface area contributed by atoms with E-state index in [4.69, 9.17) is 18.9 Å². The summed E-state index contributed by atoms with van der Waals surface area (Å²) < 4.78 is 54.0. The third kappa shape index (κ3) is 31.2. The van der Waals surface area contributed by atoms with Crippen molar-refractivity contribution in [2.75, 3.05) is 19.0 Å². The Labute approximate surface area is 356 Å². The average molecular weight is 857 g/mol. The van der Waals surface area contributed by atoms with Crippen LogP contribution in [-0.2, 0) is 38.7 Å². The second-order valence-corrected chi connectivity index (χ2v) is 17.2. The first kappa shape index (κ1) is 54.6. The summed E-state index contributed by atoms with van der Waals surface area (Å²) in [5.74, 6) is -2.01. The highest BCUT2D eigenvalue weighted by atomic mass is 32.2. The fourth-order valence-electron chi connectivity index (χ4n) is 6.55. The van der Waals surface area contributed by atoms with Gasteiger partial charge in [-0.1, -0.05) is 140 Å². The van der Waals surface area contributed by atoms with Gasteiger partial charge in [-0.2, -0.15) is 8.42 Å². The largest absolute Gasteiger partial charge is 0.462 e. The zero-order chi connectivity index (χ0) is 43.4. The first-order chi connectivity index (χ1) is 28.5. The molecule has 4 N–H and O–H groups in total. The highest BCUT2D eigenvalue weighted by molar-refractivity contribution is 7.85. The molecule has 0 saturated carbocycles. The summed E-state index contributed by atoms with van der Waals surface area (Å²) in [4.78, 5) is 25.4. The van der Waals surface area contributed by atoms with Crippen molar-refractivity contribution in [3.05, 3.63) is 48.6 Å². The van der Waals surface area contributed by atoms with Gasteiger partial charge in [0, 0.05) is 12.8 Å². The van der Waals surface area contributed by atoms with Crippen molar-refractivity contribution in [2.45, 2.75) is 211 Å². The molecule has 1 aliphatic heterocycles. The molecule has 0 aromatic rings. The van der Waals surface area contributed by atoms with Crippen LogP contribution in [0.15, 0.2) is 48.6 Å². The Morgan fingerprint density at radius 2 is 1.03 bits per heavy atom. The van der Waals surface area contributed by atoms with Gasteiger partial charge < -0.3 is 34.3 Å². The van der Waals surface area contributed by atoms with Gasteiger partial charge in [0.1, 0.15) is 36.8 Å². The molecular weight excluding hydrogens is 777 g/mol. The minimum atomic E-state index is -4.61. The van der Waals surface area contributed by atoms with Crippen LogP contribution in [0.2, 0.25) is 0 Å². The van der Waals surface area contributed by atoms with Crippen LogP contribution in [0.3, 0.4) is 0 Å². The topological polar surface area (TPSA) is 186 Å². The van der Waals surface area contributed by atoms with Crippen LogP contribution in [0.1, 0.15) is 174 Å². The molecule has 1 rings (SSSR count). The summed E-state index contributed by atoms with van der Waals surface area (Å²) in [5.41, 5.74) is 0. The lowest BCUT2D eigenvalue weighted by Gasteiger charge is -2.40. The van der Waals surface area contributed by atoms with Gasteiger partial charge in [0.05, 0.1) is 6.61 Å². The van der Waals surface area contributed by atoms with E-state index in [0.29, 0.717) is 12.8 Å². The van der Waals surface area contributed by atoms with E-state index in [1.807, 2.05) is 0 Å². The number of rotatable bonds is 37. The molecule has 1 aliphatic rings. The standard InChI is InChI=1S/C46H80O12S/c1-3-5-7-9-11-13-15-17-19-20-21-23-25-27-29-31-33-35-42(48)57-39(37-56-46-45(51)44(50)43(49)40(58-46)38-59(52,53)54)36-55-41(47)34-32-30-28-26-24-22-18-16-14-12-10-8-6-4-2/h10-13,16-19,39-40,43-46,49-51H,3-9,14-15,20-38H2,1-2H3,(H,52,53,54)/b12-10-,13-11-,18-16-,19-17-. The molecule has 1 fully saturated rings. The van der Waals surface area contributed by atoms with E-state index in [1.165, 1.54) is 44.9 Å². The summed E-state index contributed by atoms with van der Waals surface area (Å²) in [6, 6.07) is 0. The lowest BCUT2D eigenvalue weighted by atomic mass is 10.00. The van der Waals surface area contributed by atoms with Gasteiger partial charge in [-0.15, -0.1) is 0 Å². The lowest BCUT2D eigenvalue weighted by Crippen LogP contribution is -2.60. The van der Waals surface area contributed by atoms with E-state index in [2.05, 4.69) is 62.5 Å². The molecule has 6 unspecified atom stereocenters. The van der Waals surface area contributed by atoms with Crippen molar-refractivity contribution < 1.29 is 56.8 Å². The minimum Gasteiger partial charge on any atom is -0.462 e. The molecule has 0 aromatic carbocycles. The predicted octanol–water partition coefficient (Wildman–Crippen LogP) is 9.17. The van der Waals surface area contributed by atoms with Gasteiger partial charge >= 0.3 is 11.9 Å². The molecule has 0 spiro atoms. The summed E-state index contributed by atoms with van der Waals surface area (Å²) in [6.07, 6.45) is 32.9. The molecule has 13 heteroatoms. The molecule has 0 bridgehead atoms.